The molecule has 9 N–H and O–H groups in total. The van der Waals surface area contributed by atoms with Crippen molar-refractivity contribution in [3.63, 3.8) is 0 Å². The lowest BCUT2D eigenvalue weighted by molar-refractivity contribution is -0.136. The minimum atomic E-state index is -1.36. The molecule has 0 aliphatic heterocycles. The Hall–Kier alpha value is -1.26. The highest BCUT2D eigenvalue weighted by Crippen LogP contribution is 2.14. The summed E-state index contributed by atoms with van der Waals surface area (Å²) >= 11 is 0. The van der Waals surface area contributed by atoms with Gasteiger partial charge >= 0.3 is 0 Å². The maximum absolute atomic E-state index is 12.7. The molecule has 0 heterocycles. The molecule has 262 valence electrons. The lowest BCUT2D eigenvalue weighted by Crippen LogP contribution is -2.61. The molecule has 0 saturated carbocycles. The molecule has 0 aliphatic rings. The number of likely N-dealkylation sites (N-methyl/N-ethyl adjacent to an activating group) is 1. The summed E-state index contributed by atoms with van der Waals surface area (Å²) in [6.07, 6.45) is 26.5. The van der Waals surface area contributed by atoms with Gasteiger partial charge in [-0.1, -0.05) is 96.8 Å². The highest BCUT2D eigenvalue weighted by Gasteiger charge is 2.31. The molecule has 0 aromatic carbocycles. The molecule has 0 aromatic heterocycles. The molecule has 9 heteroatoms. The smallest absolute Gasteiger partial charge is 0.257 e. The van der Waals surface area contributed by atoms with Crippen LogP contribution in [0, 0.1) is 0 Å². The zero-order valence-electron chi connectivity index (χ0n) is 29.2. The second-order valence-corrected chi connectivity index (χ2v) is 13.0. The number of carbonyl (C=O) groups is 2. The van der Waals surface area contributed by atoms with Gasteiger partial charge < -0.3 is 38.1 Å². The number of carbonyl (C=O) groups excluding carboxylic acids is 2. The second-order valence-electron chi connectivity index (χ2n) is 13.0. The van der Waals surface area contributed by atoms with Crippen LogP contribution < -0.4 is 33.2 Å². The fraction of sp³-hybridized carbons (Fsp3) is 0.943. The first-order valence-electron chi connectivity index (χ1n) is 18.6. The minimum absolute atomic E-state index is 0.120. The number of nitrogens with two attached hydrogens (primary N) is 3. The number of hydrogen-bond donors (Lipinski definition) is 6. The SMILES string of the molecule is CCCCCCCCCCCCCCCCCC(=O)NCCCCC(N)(N)C(=O)N(C)CCCNCCCCNCCCN. The van der Waals surface area contributed by atoms with Gasteiger partial charge in [0.1, 0.15) is 5.66 Å². The molecular formula is C35H75N7O2. The van der Waals surface area contributed by atoms with Crippen LogP contribution in [0.1, 0.15) is 155 Å². The van der Waals surface area contributed by atoms with Gasteiger partial charge in [0.2, 0.25) is 5.91 Å². The summed E-state index contributed by atoms with van der Waals surface area (Å²) in [5, 5.41) is 9.82. The second kappa shape index (κ2) is 31.7. The molecule has 9 nitrogen and oxygen atoms in total. The van der Waals surface area contributed by atoms with Crippen molar-refractivity contribution in [3.05, 3.63) is 0 Å². The number of hydrogen-bond acceptors (Lipinski definition) is 7. The van der Waals surface area contributed by atoms with Crippen LogP contribution in [0.15, 0.2) is 0 Å². The molecule has 2 amide bonds. The Labute approximate surface area is 272 Å². The van der Waals surface area contributed by atoms with Gasteiger partial charge in [0.25, 0.3) is 5.91 Å². The Morgan fingerprint density at radius 2 is 1.05 bits per heavy atom. The molecule has 0 aliphatic carbocycles. The van der Waals surface area contributed by atoms with E-state index < -0.39 is 5.66 Å². The van der Waals surface area contributed by atoms with E-state index in [1.807, 2.05) is 0 Å². The van der Waals surface area contributed by atoms with E-state index in [0.717, 1.165) is 77.7 Å². The predicted octanol–water partition coefficient (Wildman–Crippen LogP) is 5.30. The molecule has 0 spiro atoms. The molecule has 0 fully saturated rings. The summed E-state index contributed by atoms with van der Waals surface area (Å²) < 4.78 is 0. The average Bonchev–Trinajstić information content (AvgIpc) is 3.01. The van der Waals surface area contributed by atoms with E-state index in [1.54, 1.807) is 11.9 Å². The van der Waals surface area contributed by atoms with Crippen LogP contribution in [0.4, 0.5) is 0 Å². The van der Waals surface area contributed by atoms with Crippen LogP contribution >= 0.6 is 0 Å². The van der Waals surface area contributed by atoms with E-state index in [0.29, 0.717) is 32.4 Å². The van der Waals surface area contributed by atoms with E-state index >= 15 is 0 Å². The normalized spacial score (nSPS) is 11.7. The first kappa shape index (κ1) is 42.7. The maximum Gasteiger partial charge on any atom is 0.257 e. The van der Waals surface area contributed by atoms with Gasteiger partial charge in [0, 0.05) is 26.6 Å². The molecule has 0 unspecified atom stereocenters. The van der Waals surface area contributed by atoms with Crippen molar-refractivity contribution in [2.75, 3.05) is 52.9 Å². The molecular weight excluding hydrogens is 550 g/mol. The first-order valence-corrected chi connectivity index (χ1v) is 18.6. The fourth-order valence-electron chi connectivity index (χ4n) is 5.50. The van der Waals surface area contributed by atoms with E-state index in [4.69, 9.17) is 17.2 Å². The van der Waals surface area contributed by atoms with Gasteiger partial charge in [-0.05, 0) is 84.1 Å². The number of rotatable bonds is 34. The molecule has 0 aromatic rings. The van der Waals surface area contributed by atoms with Crippen molar-refractivity contribution in [3.8, 4) is 0 Å². The van der Waals surface area contributed by atoms with E-state index in [1.165, 1.54) is 83.5 Å². The third kappa shape index (κ3) is 28.2. The molecule has 0 radical (unpaired) electrons. The quantitative estimate of drug-likeness (QED) is 0.0419. The summed E-state index contributed by atoms with van der Waals surface area (Å²) in [5.41, 5.74) is 16.5. The monoisotopic (exact) mass is 626 g/mol. The summed E-state index contributed by atoms with van der Waals surface area (Å²) in [7, 11) is 1.77. The summed E-state index contributed by atoms with van der Waals surface area (Å²) in [6.45, 7) is 8.09. The third-order valence-electron chi connectivity index (χ3n) is 8.45. The number of amides is 2. The molecule has 0 atom stereocenters. The molecule has 0 bridgehead atoms. The van der Waals surface area contributed by atoms with E-state index in [2.05, 4.69) is 22.9 Å². The van der Waals surface area contributed by atoms with Crippen LogP contribution in [0.25, 0.3) is 0 Å². The van der Waals surface area contributed by atoms with Crippen molar-refractivity contribution in [1.82, 2.24) is 20.9 Å². The van der Waals surface area contributed by atoms with Crippen molar-refractivity contribution in [2.45, 2.75) is 160 Å². The van der Waals surface area contributed by atoms with Crippen LogP contribution in [-0.2, 0) is 9.59 Å². The lowest BCUT2D eigenvalue weighted by Gasteiger charge is -2.29. The van der Waals surface area contributed by atoms with Gasteiger partial charge in [-0.3, -0.25) is 9.59 Å². The Morgan fingerprint density at radius 3 is 1.57 bits per heavy atom. The fourth-order valence-corrected chi connectivity index (χ4v) is 5.50. The minimum Gasteiger partial charge on any atom is -0.356 e. The molecule has 44 heavy (non-hydrogen) atoms. The van der Waals surface area contributed by atoms with Crippen LogP contribution in [0.5, 0.6) is 0 Å². The summed E-state index contributed by atoms with van der Waals surface area (Å²) in [5.74, 6) is -0.103. The zero-order chi connectivity index (χ0) is 32.6. The maximum atomic E-state index is 12.7. The van der Waals surface area contributed by atoms with E-state index in [9.17, 15) is 9.59 Å². The largest absolute Gasteiger partial charge is 0.356 e. The zero-order valence-corrected chi connectivity index (χ0v) is 29.2. The molecule has 0 saturated heterocycles. The van der Waals surface area contributed by atoms with Gasteiger partial charge in [0.15, 0.2) is 0 Å². The van der Waals surface area contributed by atoms with Crippen molar-refractivity contribution < 1.29 is 9.59 Å². The number of nitrogens with zero attached hydrogens (tertiary/aromatic N) is 1. The molecule has 0 rings (SSSR count). The van der Waals surface area contributed by atoms with Gasteiger partial charge in [-0.25, -0.2) is 0 Å². The predicted molar refractivity (Wildman–Crippen MR) is 188 cm³/mol. The lowest BCUT2D eigenvalue weighted by atomic mass is 10.0. The average molecular weight is 626 g/mol. The van der Waals surface area contributed by atoms with Gasteiger partial charge in [-0.2, -0.15) is 0 Å². The van der Waals surface area contributed by atoms with Crippen molar-refractivity contribution >= 4 is 11.8 Å². The number of nitrogens with one attached hydrogen (secondary N) is 3. The third-order valence-corrected chi connectivity index (χ3v) is 8.45. The van der Waals surface area contributed by atoms with Crippen LogP contribution in [-0.4, -0.2) is 75.2 Å². The standard InChI is InChI=1S/C35H75N7O2/c1-3-4-5-6-7-8-9-10-11-12-13-14-15-16-17-24-33(43)41-31-19-18-25-35(37,38)34(44)42(2)32-23-30-40-28-21-20-27-39-29-22-26-36/h39-40H,3-32,36-38H2,1-2H3,(H,41,43). The Morgan fingerprint density at radius 1 is 0.591 bits per heavy atom. The van der Waals surface area contributed by atoms with Gasteiger partial charge in [-0.15, -0.1) is 0 Å². The highest BCUT2D eigenvalue weighted by atomic mass is 16.2. The van der Waals surface area contributed by atoms with E-state index in [-0.39, 0.29) is 11.8 Å². The highest BCUT2D eigenvalue weighted by molar-refractivity contribution is 5.85. The summed E-state index contributed by atoms with van der Waals surface area (Å²) in [4.78, 5) is 26.5. The topological polar surface area (TPSA) is 152 Å². The van der Waals surface area contributed by atoms with Crippen molar-refractivity contribution in [2.24, 2.45) is 17.2 Å². The van der Waals surface area contributed by atoms with Crippen LogP contribution in [0.3, 0.4) is 0 Å². The Bertz CT molecular complexity index is 649. The van der Waals surface area contributed by atoms with Crippen LogP contribution in [0.2, 0.25) is 0 Å². The number of unbranched alkanes of at least 4 members (excludes halogenated alkanes) is 16. The Kier molecular flexibility index (Phi) is 30.8. The summed E-state index contributed by atoms with van der Waals surface area (Å²) in [6, 6.07) is 0. The first-order chi connectivity index (χ1) is 21.3. The Balaban J connectivity index is 3.60. The van der Waals surface area contributed by atoms with Gasteiger partial charge in [0.05, 0.1) is 0 Å². The van der Waals surface area contributed by atoms with Crippen molar-refractivity contribution in [1.29, 1.82) is 0 Å².